The predicted octanol–water partition coefficient (Wildman–Crippen LogP) is 4.27. The SMILES string of the molecule is CCCc1cc([C@H]2CCCN2C(=O)c2cc(-c3cccc(OC)c3)no2)no1. The zero-order valence-electron chi connectivity index (χ0n) is 16.1. The van der Waals surface area contributed by atoms with Gasteiger partial charge in [0.05, 0.1) is 13.2 Å². The van der Waals surface area contributed by atoms with E-state index in [1.165, 1.54) is 0 Å². The van der Waals surface area contributed by atoms with Crippen LogP contribution >= 0.6 is 0 Å². The minimum absolute atomic E-state index is 0.0905. The van der Waals surface area contributed by atoms with Crippen molar-refractivity contribution in [2.24, 2.45) is 0 Å². The number of carbonyl (C=O) groups excluding carboxylic acids is 1. The number of methoxy groups -OCH3 is 1. The molecule has 1 saturated heterocycles. The molecule has 0 aliphatic carbocycles. The number of aromatic nitrogens is 2. The summed E-state index contributed by atoms with van der Waals surface area (Å²) < 4.78 is 16.0. The summed E-state index contributed by atoms with van der Waals surface area (Å²) in [5.41, 5.74) is 2.24. The third kappa shape index (κ3) is 3.52. The van der Waals surface area contributed by atoms with Gasteiger partial charge in [-0.1, -0.05) is 29.4 Å². The Bertz CT molecular complexity index is 962. The fourth-order valence-electron chi connectivity index (χ4n) is 3.60. The first-order valence-electron chi connectivity index (χ1n) is 9.57. The van der Waals surface area contributed by atoms with Gasteiger partial charge in [0.15, 0.2) is 0 Å². The molecule has 1 aliphatic heterocycles. The largest absolute Gasteiger partial charge is 0.497 e. The van der Waals surface area contributed by atoms with Crippen LogP contribution in [0.15, 0.2) is 45.4 Å². The zero-order valence-corrected chi connectivity index (χ0v) is 16.1. The lowest BCUT2D eigenvalue weighted by Gasteiger charge is -2.21. The fraction of sp³-hybridized carbons (Fsp3) is 0.381. The molecule has 0 radical (unpaired) electrons. The second-order valence-corrected chi connectivity index (χ2v) is 6.93. The maximum atomic E-state index is 13.0. The quantitative estimate of drug-likeness (QED) is 0.634. The number of amides is 1. The Labute approximate surface area is 163 Å². The lowest BCUT2D eigenvalue weighted by atomic mass is 10.1. The number of hydrogen-bond donors (Lipinski definition) is 0. The van der Waals surface area contributed by atoms with Crippen LogP contribution < -0.4 is 4.74 Å². The predicted molar refractivity (Wildman–Crippen MR) is 102 cm³/mol. The molecule has 1 fully saturated rings. The maximum Gasteiger partial charge on any atom is 0.293 e. The first kappa shape index (κ1) is 18.3. The average Bonchev–Trinajstić information content (AvgIpc) is 3.47. The summed E-state index contributed by atoms with van der Waals surface area (Å²) in [5, 5.41) is 8.25. The van der Waals surface area contributed by atoms with E-state index in [1.54, 1.807) is 18.1 Å². The van der Waals surface area contributed by atoms with E-state index in [9.17, 15) is 4.79 Å². The molecule has 28 heavy (non-hydrogen) atoms. The van der Waals surface area contributed by atoms with E-state index < -0.39 is 0 Å². The fourth-order valence-corrected chi connectivity index (χ4v) is 3.60. The number of hydrogen-bond acceptors (Lipinski definition) is 6. The molecular weight excluding hydrogens is 358 g/mol. The van der Waals surface area contributed by atoms with E-state index in [1.807, 2.05) is 30.3 Å². The van der Waals surface area contributed by atoms with Gasteiger partial charge < -0.3 is 18.7 Å². The lowest BCUT2D eigenvalue weighted by molar-refractivity contribution is 0.0688. The minimum atomic E-state index is -0.177. The van der Waals surface area contributed by atoms with E-state index in [0.29, 0.717) is 12.2 Å². The van der Waals surface area contributed by atoms with Gasteiger partial charge in [-0.15, -0.1) is 0 Å². The van der Waals surface area contributed by atoms with Gasteiger partial charge in [0, 0.05) is 30.7 Å². The molecule has 1 aromatic carbocycles. The van der Waals surface area contributed by atoms with Crippen molar-refractivity contribution in [3.05, 3.63) is 53.6 Å². The number of likely N-dealkylation sites (tertiary alicyclic amines) is 1. The monoisotopic (exact) mass is 381 g/mol. The maximum absolute atomic E-state index is 13.0. The highest BCUT2D eigenvalue weighted by molar-refractivity contribution is 5.93. The van der Waals surface area contributed by atoms with Gasteiger partial charge in [0.1, 0.15) is 22.9 Å². The number of rotatable bonds is 6. The second-order valence-electron chi connectivity index (χ2n) is 6.93. The van der Waals surface area contributed by atoms with E-state index in [-0.39, 0.29) is 17.7 Å². The molecule has 3 heterocycles. The van der Waals surface area contributed by atoms with Gasteiger partial charge in [-0.2, -0.15) is 0 Å². The molecule has 2 aromatic heterocycles. The Morgan fingerprint density at radius 1 is 1.25 bits per heavy atom. The Balaban J connectivity index is 1.54. The molecular formula is C21H23N3O4. The second kappa shape index (κ2) is 7.88. The van der Waals surface area contributed by atoms with Gasteiger partial charge in [0.25, 0.3) is 5.91 Å². The van der Waals surface area contributed by atoms with Gasteiger partial charge in [-0.05, 0) is 31.4 Å². The summed E-state index contributed by atoms with van der Waals surface area (Å²) in [6.45, 7) is 2.76. The van der Waals surface area contributed by atoms with Crippen molar-refractivity contribution in [3.63, 3.8) is 0 Å². The van der Waals surface area contributed by atoms with Crippen LogP contribution in [0.25, 0.3) is 11.3 Å². The number of carbonyl (C=O) groups is 1. The number of ether oxygens (including phenoxy) is 1. The molecule has 1 amide bonds. The molecule has 0 bridgehead atoms. The summed E-state index contributed by atoms with van der Waals surface area (Å²) in [6, 6.07) is 11.0. The van der Waals surface area contributed by atoms with Crippen molar-refractivity contribution >= 4 is 5.91 Å². The van der Waals surface area contributed by atoms with Gasteiger partial charge in [-0.25, -0.2) is 0 Å². The summed E-state index contributed by atoms with van der Waals surface area (Å²) in [5.74, 6) is 1.63. The zero-order chi connectivity index (χ0) is 19.5. The van der Waals surface area contributed by atoms with Gasteiger partial charge >= 0.3 is 0 Å². The molecule has 3 aromatic rings. The lowest BCUT2D eigenvalue weighted by Crippen LogP contribution is -2.30. The first-order valence-corrected chi connectivity index (χ1v) is 9.57. The van der Waals surface area contributed by atoms with E-state index in [2.05, 4.69) is 17.2 Å². The van der Waals surface area contributed by atoms with Crippen LogP contribution in [0, 0.1) is 0 Å². The van der Waals surface area contributed by atoms with Crippen LogP contribution in [0.2, 0.25) is 0 Å². The van der Waals surface area contributed by atoms with E-state index >= 15 is 0 Å². The van der Waals surface area contributed by atoms with Crippen molar-refractivity contribution in [3.8, 4) is 17.0 Å². The van der Waals surface area contributed by atoms with Crippen LogP contribution in [0.1, 0.15) is 54.2 Å². The molecule has 0 unspecified atom stereocenters. The topological polar surface area (TPSA) is 81.6 Å². The number of nitrogens with zero attached hydrogens (tertiary/aromatic N) is 3. The molecule has 0 spiro atoms. The summed E-state index contributed by atoms with van der Waals surface area (Å²) in [7, 11) is 1.61. The standard InChI is InChI=1S/C21H23N3O4/c1-3-6-16-12-18(23-27-16)19-9-5-10-24(19)21(25)20-13-17(22-28-20)14-7-4-8-15(11-14)26-2/h4,7-8,11-13,19H,3,5-6,9-10H2,1-2H3/t19-/m1/s1. The summed E-state index contributed by atoms with van der Waals surface area (Å²) >= 11 is 0. The smallest absolute Gasteiger partial charge is 0.293 e. The Hall–Kier alpha value is -3.09. The molecule has 146 valence electrons. The number of benzene rings is 1. The Morgan fingerprint density at radius 3 is 2.96 bits per heavy atom. The molecule has 1 atom stereocenters. The highest BCUT2D eigenvalue weighted by Crippen LogP contribution is 2.33. The first-order chi connectivity index (χ1) is 13.7. The Kier molecular flexibility index (Phi) is 5.14. The van der Waals surface area contributed by atoms with Crippen molar-refractivity contribution in [2.45, 2.75) is 38.6 Å². The molecule has 0 saturated carbocycles. The van der Waals surface area contributed by atoms with Crippen LogP contribution in [0.3, 0.4) is 0 Å². The normalized spacial score (nSPS) is 16.5. The third-order valence-electron chi connectivity index (χ3n) is 5.02. The minimum Gasteiger partial charge on any atom is -0.497 e. The third-order valence-corrected chi connectivity index (χ3v) is 5.02. The van der Waals surface area contributed by atoms with E-state index in [0.717, 1.165) is 48.5 Å². The molecule has 4 rings (SSSR count). The van der Waals surface area contributed by atoms with Crippen LogP contribution in [0.5, 0.6) is 5.75 Å². The van der Waals surface area contributed by atoms with Gasteiger partial charge in [0.2, 0.25) is 5.76 Å². The Morgan fingerprint density at radius 2 is 2.14 bits per heavy atom. The van der Waals surface area contributed by atoms with Crippen molar-refractivity contribution < 1.29 is 18.6 Å². The van der Waals surface area contributed by atoms with Crippen molar-refractivity contribution in [2.75, 3.05) is 13.7 Å². The van der Waals surface area contributed by atoms with Crippen LogP contribution in [-0.2, 0) is 6.42 Å². The average molecular weight is 381 g/mol. The highest BCUT2D eigenvalue weighted by Gasteiger charge is 2.34. The highest BCUT2D eigenvalue weighted by atomic mass is 16.5. The van der Waals surface area contributed by atoms with E-state index in [4.69, 9.17) is 13.8 Å². The summed E-state index contributed by atoms with van der Waals surface area (Å²) in [4.78, 5) is 14.8. The summed E-state index contributed by atoms with van der Waals surface area (Å²) in [6.07, 6.45) is 3.62. The molecule has 7 heteroatoms. The molecule has 7 nitrogen and oxygen atoms in total. The molecule has 0 N–H and O–H groups in total. The van der Waals surface area contributed by atoms with Crippen molar-refractivity contribution in [1.29, 1.82) is 0 Å². The van der Waals surface area contributed by atoms with Crippen molar-refractivity contribution in [1.82, 2.24) is 15.2 Å². The van der Waals surface area contributed by atoms with Gasteiger partial charge in [-0.3, -0.25) is 4.79 Å². The number of aryl methyl sites for hydroxylation is 1. The molecule has 1 aliphatic rings. The van der Waals surface area contributed by atoms with Crippen LogP contribution in [-0.4, -0.2) is 34.8 Å². The van der Waals surface area contributed by atoms with Crippen LogP contribution in [0.4, 0.5) is 0 Å².